The predicted molar refractivity (Wildman–Crippen MR) is 91.1 cm³/mol. The molecule has 3 rings (SSSR count). The molecule has 1 aromatic heterocycles. The van der Waals surface area contributed by atoms with E-state index >= 15 is 0 Å². The van der Waals surface area contributed by atoms with Crippen molar-refractivity contribution in [3.63, 3.8) is 0 Å². The number of thiophene rings is 1. The monoisotopic (exact) mass is 404 g/mol. The molecule has 1 amide bonds. The fourth-order valence-corrected chi connectivity index (χ4v) is 5.32. The molecule has 3 nitrogen and oxygen atoms in total. The third-order valence-electron chi connectivity index (χ3n) is 4.29. The molecule has 1 atom stereocenters. The number of aryl methyl sites for hydroxylation is 1. The third kappa shape index (κ3) is 3.36. The number of hydrogen-bond donors (Lipinski definition) is 1. The Bertz CT molecular complexity index is 482. The molecule has 0 radical (unpaired) electrons. The van der Waals surface area contributed by atoms with Crippen LogP contribution in [0.3, 0.4) is 0 Å². The number of hydrogen-bond acceptors (Lipinski definition) is 3. The van der Waals surface area contributed by atoms with Crippen molar-refractivity contribution in [2.45, 2.75) is 44.6 Å². The van der Waals surface area contributed by atoms with Crippen LogP contribution in [0.2, 0.25) is 0 Å². The van der Waals surface area contributed by atoms with Gasteiger partial charge in [-0.05, 0) is 72.7 Å². The Hall–Kier alpha value is -0.140. The summed E-state index contributed by atoms with van der Waals surface area (Å²) >= 11 is 4.31. The van der Waals surface area contributed by atoms with E-state index in [1.807, 2.05) is 16.2 Å². The van der Waals surface area contributed by atoms with Gasteiger partial charge in [0.05, 0.1) is 9.43 Å². The lowest BCUT2D eigenvalue weighted by Gasteiger charge is -2.29. The number of likely N-dealkylation sites (tertiary alicyclic amines) is 1. The summed E-state index contributed by atoms with van der Waals surface area (Å²) in [6.07, 6.45) is 7.22. The number of carbonyl (C=O) groups is 1. The van der Waals surface area contributed by atoms with E-state index in [1.165, 1.54) is 45.4 Å². The second-order valence-corrected chi connectivity index (χ2v) is 8.73. The van der Waals surface area contributed by atoms with E-state index < -0.39 is 0 Å². The Morgan fingerprint density at radius 2 is 2.15 bits per heavy atom. The first kappa shape index (κ1) is 14.8. The van der Waals surface area contributed by atoms with Crippen molar-refractivity contribution in [2.24, 2.45) is 0 Å². The minimum absolute atomic E-state index is 0.279. The fourth-order valence-electron chi connectivity index (χ4n) is 3.20. The van der Waals surface area contributed by atoms with Crippen molar-refractivity contribution in [1.82, 2.24) is 10.2 Å². The molecule has 0 bridgehead atoms. The minimum Gasteiger partial charge on any atom is -0.342 e. The summed E-state index contributed by atoms with van der Waals surface area (Å²) in [6.45, 7) is 2.40. The molecule has 1 fully saturated rings. The van der Waals surface area contributed by atoms with Gasteiger partial charge in [0.15, 0.2) is 0 Å². The topological polar surface area (TPSA) is 32.3 Å². The summed E-state index contributed by atoms with van der Waals surface area (Å²) in [5.41, 5.74) is 1.44. The largest absolute Gasteiger partial charge is 0.342 e. The summed E-state index contributed by atoms with van der Waals surface area (Å²) in [6, 6.07) is 2.68. The maximum absolute atomic E-state index is 12.2. The van der Waals surface area contributed by atoms with Crippen LogP contribution >= 0.6 is 33.9 Å². The van der Waals surface area contributed by atoms with Crippen molar-refractivity contribution in [3.8, 4) is 0 Å². The van der Waals surface area contributed by atoms with Crippen LogP contribution in [0.1, 0.15) is 48.6 Å². The molecule has 0 spiro atoms. The van der Waals surface area contributed by atoms with Gasteiger partial charge in [-0.2, -0.15) is 0 Å². The van der Waals surface area contributed by atoms with Crippen LogP contribution < -0.4 is 5.32 Å². The number of piperidine rings is 1. The lowest BCUT2D eigenvalue weighted by Crippen LogP contribution is -2.42. The van der Waals surface area contributed by atoms with Gasteiger partial charge in [0.2, 0.25) is 5.91 Å². The van der Waals surface area contributed by atoms with E-state index in [1.54, 1.807) is 0 Å². The van der Waals surface area contributed by atoms with E-state index in [2.05, 4.69) is 34.0 Å². The Labute approximate surface area is 138 Å². The maximum Gasteiger partial charge on any atom is 0.236 e. The Morgan fingerprint density at radius 3 is 2.95 bits per heavy atom. The molecule has 0 saturated carbocycles. The van der Waals surface area contributed by atoms with Gasteiger partial charge < -0.3 is 10.2 Å². The molecule has 2 heterocycles. The van der Waals surface area contributed by atoms with Gasteiger partial charge in [-0.25, -0.2) is 0 Å². The second-order valence-electron chi connectivity index (χ2n) is 5.70. The molecule has 1 aliphatic carbocycles. The fraction of sp³-hybridized carbons (Fsp3) is 0.667. The van der Waals surface area contributed by atoms with Crippen molar-refractivity contribution in [2.75, 3.05) is 19.6 Å². The highest BCUT2D eigenvalue weighted by molar-refractivity contribution is 14.1. The minimum atomic E-state index is 0.279. The third-order valence-corrected chi connectivity index (χ3v) is 6.26. The van der Waals surface area contributed by atoms with E-state index in [4.69, 9.17) is 0 Å². The van der Waals surface area contributed by atoms with E-state index in [-0.39, 0.29) is 5.91 Å². The number of rotatable bonds is 3. The summed E-state index contributed by atoms with van der Waals surface area (Å²) < 4.78 is 1.36. The zero-order valence-electron chi connectivity index (χ0n) is 11.7. The SMILES string of the molecule is O=C(CNC1CCCc2sc(I)cc21)N1CCCCC1. The first-order chi connectivity index (χ1) is 9.74. The molecule has 110 valence electrons. The number of fused-ring (bicyclic) bond motifs is 1. The quantitative estimate of drug-likeness (QED) is 0.784. The number of halogens is 1. The van der Waals surface area contributed by atoms with Crippen LogP contribution in [0.15, 0.2) is 6.07 Å². The van der Waals surface area contributed by atoms with Gasteiger partial charge in [-0.15, -0.1) is 11.3 Å². The molecule has 2 aliphatic rings. The van der Waals surface area contributed by atoms with Crippen molar-refractivity contribution < 1.29 is 4.79 Å². The summed E-state index contributed by atoms with van der Waals surface area (Å²) in [5, 5.41) is 3.50. The van der Waals surface area contributed by atoms with Crippen LogP contribution in [0.5, 0.6) is 0 Å². The van der Waals surface area contributed by atoms with Crippen LogP contribution in [0.25, 0.3) is 0 Å². The zero-order chi connectivity index (χ0) is 13.9. The molecule has 1 unspecified atom stereocenters. The highest BCUT2D eigenvalue weighted by Crippen LogP contribution is 2.36. The number of amides is 1. The van der Waals surface area contributed by atoms with E-state index in [0.29, 0.717) is 12.6 Å². The van der Waals surface area contributed by atoms with Gasteiger partial charge >= 0.3 is 0 Å². The average Bonchev–Trinajstić information content (AvgIpc) is 2.86. The van der Waals surface area contributed by atoms with Crippen molar-refractivity contribution in [1.29, 1.82) is 0 Å². The van der Waals surface area contributed by atoms with Gasteiger partial charge in [0.1, 0.15) is 0 Å². The smallest absolute Gasteiger partial charge is 0.236 e. The molecule has 20 heavy (non-hydrogen) atoms. The number of nitrogens with zero attached hydrogens (tertiary/aromatic N) is 1. The van der Waals surface area contributed by atoms with Crippen LogP contribution in [-0.4, -0.2) is 30.4 Å². The lowest BCUT2D eigenvalue weighted by molar-refractivity contribution is -0.131. The molecule has 1 aromatic rings. The van der Waals surface area contributed by atoms with Gasteiger partial charge in [0.25, 0.3) is 0 Å². The van der Waals surface area contributed by atoms with Gasteiger partial charge in [0, 0.05) is 24.0 Å². The maximum atomic E-state index is 12.2. The molecular weight excluding hydrogens is 383 g/mol. The van der Waals surface area contributed by atoms with E-state index in [0.717, 1.165) is 19.5 Å². The summed E-state index contributed by atoms with van der Waals surface area (Å²) in [5.74, 6) is 0.279. The molecule has 1 N–H and O–H groups in total. The summed E-state index contributed by atoms with van der Waals surface area (Å²) in [7, 11) is 0. The predicted octanol–water partition coefficient (Wildman–Crippen LogP) is 3.33. The van der Waals surface area contributed by atoms with Gasteiger partial charge in [-0.1, -0.05) is 0 Å². The Balaban J connectivity index is 1.57. The van der Waals surface area contributed by atoms with Crippen LogP contribution in [0, 0.1) is 2.88 Å². The highest BCUT2D eigenvalue weighted by atomic mass is 127. The molecule has 0 aromatic carbocycles. The Kier molecular flexibility index (Phi) is 4.99. The van der Waals surface area contributed by atoms with E-state index in [9.17, 15) is 4.79 Å². The molecule has 5 heteroatoms. The standard InChI is InChI=1S/C15H21IN2OS/c16-14-9-11-12(5-4-6-13(11)20-14)17-10-15(19)18-7-2-1-3-8-18/h9,12,17H,1-8,10H2. The summed E-state index contributed by atoms with van der Waals surface area (Å²) in [4.78, 5) is 15.8. The zero-order valence-corrected chi connectivity index (χ0v) is 14.6. The molecular formula is C15H21IN2OS. The number of carbonyl (C=O) groups excluding carboxylic acids is 1. The molecule has 1 aliphatic heterocycles. The highest BCUT2D eigenvalue weighted by Gasteiger charge is 2.24. The normalized spacial score (nSPS) is 22.6. The van der Waals surface area contributed by atoms with Crippen LogP contribution in [0.4, 0.5) is 0 Å². The lowest BCUT2D eigenvalue weighted by atomic mass is 9.94. The van der Waals surface area contributed by atoms with Crippen molar-refractivity contribution >= 4 is 39.8 Å². The Morgan fingerprint density at radius 1 is 1.35 bits per heavy atom. The molecule has 1 saturated heterocycles. The first-order valence-corrected chi connectivity index (χ1v) is 9.43. The average molecular weight is 404 g/mol. The number of nitrogens with one attached hydrogen (secondary N) is 1. The van der Waals surface area contributed by atoms with Gasteiger partial charge in [-0.3, -0.25) is 4.79 Å². The first-order valence-electron chi connectivity index (χ1n) is 7.53. The van der Waals surface area contributed by atoms with Crippen LogP contribution in [-0.2, 0) is 11.2 Å². The van der Waals surface area contributed by atoms with Crippen molar-refractivity contribution in [3.05, 3.63) is 19.4 Å². The second kappa shape index (κ2) is 6.75.